The Kier molecular flexibility index (Phi) is 12.4. The van der Waals surface area contributed by atoms with E-state index >= 15 is 0 Å². The van der Waals surface area contributed by atoms with Gasteiger partial charge in [0.1, 0.15) is 11.9 Å². The highest BCUT2D eigenvalue weighted by Gasteiger charge is 2.29. The number of rotatable bonds is 11. The first-order chi connectivity index (χ1) is 22.6. The summed E-state index contributed by atoms with van der Waals surface area (Å²) in [5.74, 6) is -1.06. The molecule has 1 fully saturated rings. The van der Waals surface area contributed by atoms with E-state index in [1.165, 1.54) is 12.1 Å². The van der Waals surface area contributed by atoms with Gasteiger partial charge in [0, 0.05) is 29.6 Å². The van der Waals surface area contributed by atoms with E-state index in [9.17, 15) is 18.8 Å². The molecule has 48 heavy (non-hydrogen) atoms. The van der Waals surface area contributed by atoms with E-state index in [-0.39, 0.29) is 59.7 Å². The number of halogens is 2. The third-order valence-corrected chi connectivity index (χ3v) is 8.62. The number of hydrogen-bond acceptors (Lipinski definition) is 7. The van der Waals surface area contributed by atoms with Gasteiger partial charge < -0.3 is 21.7 Å². The lowest BCUT2D eigenvalue weighted by Gasteiger charge is -2.28. The summed E-state index contributed by atoms with van der Waals surface area (Å²) in [5, 5.41) is 22.0. The van der Waals surface area contributed by atoms with Gasteiger partial charge in [-0.05, 0) is 117 Å². The summed E-state index contributed by atoms with van der Waals surface area (Å²) in [6.45, 7) is 6.41. The highest BCUT2D eigenvalue weighted by atomic mass is 35.5. The molecule has 1 aliphatic carbocycles. The molecule has 6 N–H and O–H groups in total. The molecular formula is C35H42ClFN8O3. The molecular weight excluding hydrogens is 635 g/mol. The number of H-pyrrole nitrogens is 1. The van der Waals surface area contributed by atoms with Crippen LogP contribution in [0.2, 0.25) is 0 Å². The maximum absolute atomic E-state index is 14.9. The molecule has 13 heteroatoms. The quantitative estimate of drug-likeness (QED) is 0.149. The van der Waals surface area contributed by atoms with Gasteiger partial charge in [-0.25, -0.2) is 4.39 Å². The summed E-state index contributed by atoms with van der Waals surface area (Å²) in [4.78, 5) is 39.4. The molecule has 4 aromatic rings. The Bertz CT molecular complexity index is 1710. The van der Waals surface area contributed by atoms with Gasteiger partial charge in [-0.3, -0.25) is 14.4 Å². The van der Waals surface area contributed by atoms with Crippen molar-refractivity contribution >= 4 is 35.8 Å². The van der Waals surface area contributed by atoms with E-state index < -0.39 is 17.8 Å². The summed E-state index contributed by atoms with van der Waals surface area (Å²) in [5.41, 5.74) is 10.5. The number of aryl methyl sites for hydroxylation is 1. The van der Waals surface area contributed by atoms with Gasteiger partial charge in [0.05, 0.1) is 5.56 Å². The van der Waals surface area contributed by atoms with Crippen molar-refractivity contribution in [2.24, 2.45) is 17.6 Å². The molecule has 3 aromatic carbocycles. The Balaban J connectivity index is 0.00000520. The molecule has 1 aliphatic rings. The molecule has 1 heterocycles. The summed E-state index contributed by atoms with van der Waals surface area (Å²) < 4.78 is 14.9. The number of hydrogen-bond donors (Lipinski definition) is 5. The van der Waals surface area contributed by atoms with Crippen LogP contribution in [0.5, 0.6) is 0 Å². The lowest BCUT2D eigenvalue weighted by Crippen LogP contribution is -2.48. The maximum Gasteiger partial charge on any atom is 0.251 e. The molecule has 0 spiro atoms. The average molecular weight is 677 g/mol. The van der Waals surface area contributed by atoms with Crippen molar-refractivity contribution in [3.63, 3.8) is 0 Å². The number of nitrogens with one attached hydrogen (secondary N) is 4. The van der Waals surface area contributed by atoms with Crippen molar-refractivity contribution in [2.75, 3.05) is 11.9 Å². The van der Waals surface area contributed by atoms with Gasteiger partial charge in [-0.1, -0.05) is 30.3 Å². The van der Waals surface area contributed by atoms with Crippen LogP contribution in [0.25, 0.3) is 22.5 Å². The Morgan fingerprint density at radius 3 is 2.27 bits per heavy atom. The smallest absolute Gasteiger partial charge is 0.251 e. The number of anilines is 1. The van der Waals surface area contributed by atoms with Gasteiger partial charge in [0.25, 0.3) is 5.91 Å². The molecule has 0 unspecified atom stereocenters. The Morgan fingerprint density at radius 1 is 0.958 bits per heavy atom. The topological polar surface area (TPSA) is 168 Å². The highest BCUT2D eigenvalue weighted by Crippen LogP contribution is 2.29. The van der Waals surface area contributed by atoms with Crippen molar-refractivity contribution in [2.45, 2.75) is 65.0 Å². The zero-order chi connectivity index (χ0) is 33.5. The summed E-state index contributed by atoms with van der Waals surface area (Å²) in [7, 11) is 0. The molecule has 1 aromatic heterocycles. The van der Waals surface area contributed by atoms with E-state index in [1.54, 1.807) is 6.07 Å². The number of aromatic nitrogens is 4. The second-order valence-electron chi connectivity index (χ2n) is 12.5. The van der Waals surface area contributed by atoms with Crippen LogP contribution in [0.1, 0.15) is 61.0 Å². The van der Waals surface area contributed by atoms with Crippen LogP contribution in [-0.2, 0) is 16.0 Å². The minimum Gasteiger partial charge on any atom is -0.350 e. The normalized spacial score (nSPS) is 16.5. The van der Waals surface area contributed by atoms with Gasteiger partial charge in [0.15, 0.2) is 0 Å². The number of carbonyl (C=O) groups is 3. The number of benzene rings is 3. The van der Waals surface area contributed by atoms with E-state index in [0.29, 0.717) is 18.0 Å². The van der Waals surface area contributed by atoms with Crippen LogP contribution < -0.4 is 21.7 Å². The summed E-state index contributed by atoms with van der Waals surface area (Å²) in [6.07, 6.45) is 3.42. The molecule has 0 aliphatic heterocycles. The second-order valence-corrected chi connectivity index (χ2v) is 12.5. The zero-order valence-electron chi connectivity index (χ0n) is 27.3. The highest BCUT2D eigenvalue weighted by molar-refractivity contribution is 5.98. The first-order valence-corrected chi connectivity index (χ1v) is 16.0. The molecule has 0 bridgehead atoms. The monoisotopic (exact) mass is 676 g/mol. The number of carbonyl (C=O) groups excluding carboxylic acids is 3. The van der Waals surface area contributed by atoms with E-state index in [4.69, 9.17) is 5.73 Å². The molecule has 254 valence electrons. The van der Waals surface area contributed by atoms with E-state index in [0.717, 1.165) is 47.9 Å². The maximum atomic E-state index is 14.9. The van der Waals surface area contributed by atoms with Crippen LogP contribution in [0.15, 0.2) is 60.7 Å². The van der Waals surface area contributed by atoms with Crippen LogP contribution in [0, 0.1) is 24.6 Å². The fourth-order valence-electron chi connectivity index (χ4n) is 5.97. The van der Waals surface area contributed by atoms with Gasteiger partial charge in [-0.15, -0.1) is 22.6 Å². The summed E-state index contributed by atoms with van der Waals surface area (Å²) in [6, 6.07) is 16.7. The second kappa shape index (κ2) is 16.4. The van der Waals surface area contributed by atoms with Gasteiger partial charge in [0.2, 0.25) is 17.6 Å². The SMILES string of the molecule is Cc1cc(C(=O)NC(C)C)ccc1-c1ccc(C[C@H](NC(=O)C2CCC(CN)CC2)C(=O)Nc2ccc(-c3nn[nH]n3)c(F)c2)cc1.Cl. The number of aromatic amines is 1. The number of amides is 3. The first-order valence-electron chi connectivity index (χ1n) is 16.0. The molecule has 11 nitrogen and oxygen atoms in total. The molecule has 0 saturated heterocycles. The Hall–Kier alpha value is -4.68. The lowest BCUT2D eigenvalue weighted by molar-refractivity contribution is -0.130. The molecule has 1 atom stereocenters. The minimum absolute atomic E-state index is 0. The van der Waals surface area contributed by atoms with Gasteiger partial charge >= 0.3 is 0 Å². The van der Waals surface area contributed by atoms with E-state index in [1.807, 2.05) is 63.2 Å². The number of nitrogens with two attached hydrogens (primary N) is 1. The average Bonchev–Trinajstić information content (AvgIpc) is 3.59. The largest absolute Gasteiger partial charge is 0.350 e. The van der Waals surface area contributed by atoms with Crippen molar-refractivity contribution in [3.05, 3.63) is 83.2 Å². The fourth-order valence-corrected chi connectivity index (χ4v) is 5.97. The van der Waals surface area contributed by atoms with Gasteiger partial charge in [-0.2, -0.15) is 5.21 Å². The summed E-state index contributed by atoms with van der Waals surface area (Å²) >= 11 is 0. The van der Waals surface area contributed by atoms with Crippen molar-refractivity contribution < 1.29 is 18.8 Å². The van der Waals surface area contributed by atoms with Crippen LogP contribution >= 0.6 is 12.4 Å². The Labute approximate surface area is 285 Å². The Morgan fingerprint density at radius 2 is 1.67 bits per heavy atom. The fraction of sp³-hybridized carbons (Fsp3) is 0.371. The molecule has 5 rings (SSSR count). The molecule has 3 amide bonds. The minimum atomic E-state index is -0.902. The third kappa shape index (κ3) is 9.02. The number of tetrazole rings is 1. The first kappa shape index (κ1) is 36.2. The van der Waals surface area contributed by atoms with Crippen LogP contribution in [0.3, 0.4) is 0 Å². The van der Waals surface area contributed by atoms with Crippen molar-refractivity contribution in [1.82, 2.24) is 31.3 Å². The predicted octanol–water partition coefficient (Wildman–Crippen LogP) is 4.97. The van der Waals surface area contributed by atoms with Crippen LogP contribution in [-0.4, -0.2) is 57.0 Å². The van der Waals surface area contributed by atoms with Crippen molar-refractivity contribution in [1.29, 1.82) is 0 Å². The molecule has 1 saturated carbocycles. The third-order valence-electron chi connectivity index (χ3n) is 8.62. The van der Waals surface area contributed by atoms with E-state index in [2.05, 4.69) is 36.6 Å². The lowest BCUT2D eigenvalue weighted by atomic mass is 9.81. The standard InChI is InChI=1S/C35H41FN8O3.ClH/c1-20(2)38-34(46)26-12-14-28(21(3)16-26)24-8-4-22(5-9-24)17-31(40-33(45)25-10-6-23(19-37)7-11-25)35(47)39-27-13-15-29(30(36)18-27)32-41-43-44-42-32;/h4-5,8-9,12-16,18,20,23,25,31H,6-7,10-11,17,19,37H2,1-3H3,(H,38,46)(H,39,47)(H,40,45)(H,41,42,43,44);1H/t23?,25?,31-;/m0./s1. The van der Waals surface area contributed by atoms with Crippen LogP contribution in [0.4, 0.5) is 10.1 Å². The molecule has 0 radical (unpaired) electrons. The zero-order valence-corrected chi connectivity index (χ0v) is 28.1. The van der Waals surface area contributed by atoms with Crippen molar-refractivity contribution in [3.8, 4) is 22.5 Å². The number of nitrogens with zero attached hydrogens (tertiary/aromatic N) is 3. The predicted molar refractivity (Wildman–Crippen MR) is 185 cm³/mol.